The van der Waals surface area contributed by atoms with E-state index in [0.29, 0.717) is 23.4 Å². The Hall–Kier alpha value is -1.53. The van der Waals surface area contributed by atoms with E-state index in [4.69, 9.17) is 40.1 Å². The third-order valence-electron chi connectivity index (χ3n) is 3.02. The van der Waals surface area contributed by atoms with Gasteiger partial charge in [0.1, 0.15) is 0 Å². The molecule has 0 unspecified atom stereocenters. The number of benzene rings is 2. The first-order valence-corrected chi connectivity index (χ1v) is 7.32. The Morgan fingerprint density at radius 2 is 1.76 bits per heavy atom. The number of aryl methyl sites for hydroxylation is 1. The highest BCUT2D eigenvalue weighted by atomic mass is 35.5. The number of ketones is 1. The summed E-state index contributed by atoms with van der Waals surface area (Å²) in [6.45, 7) is 0. The van der Waals surface area contributed by atoms with Crippen molar-refractivity contribution in [3.63, 3.8) is 0 Å². The van der Waals surface area contributed by atoms with E-state index in [2.05, 4.69) is 0 Å². The van der Waals surface area contributed by atoms with E-state index in [9.17, 15) is 4.79 Å². The summed E-state index contributed by atoms with van der Waals surface area (Å²) >= 11 is 18.5. The maximum Gasteiger partial charge on any atom is 0.197 e. The topological polar surface area (TPSA) is 40.9 Å². The van der Waals surface area contributed by atoms with Gasteiger partial charge in [-0.3, -0.25) is 4.79 Å². The number of rotatable bonds is 4. The van der Waals surface area contributed by atoms with Crippen molar-refractivity contribution in [3.05, 3.63) is 68.2 Å². The van der Waals surface area contributed by atoms with E-state index in [1.165, 1.54) is 0 Å². The molecule has 0 aliphatic carbocycles. The Morgan fingerprint density at radius 3 is 2.43 bits per heavy atom. The van der Waals surface area contributed by atoms with Gasteiger partial charge in [0, 0.05) is 12.0 Å². The molecule has 0 spiro atoms. The average Bonchev–Trinajstić information content (AvgIpc) is 2.47. The highest BCUT2D eigenvalue weighted by Crippen LogP contribution is 2.32. The summed E-state index contributed by atoms with van der Waals surface area (Å²) in [7, 11) is 0. The normalized spacial score (nSPS) is 10.2. The van der Waals surface area contributed by atoms with Gasteiger partial charge in [-0.2, -0.15) is 5.26 Å². The Balaban J connectivity index is 2.51. The van der Waals surface area contributed by atoms with Crippen molar-refractivity contribution in [3.8, 4) is 6.07 Å². The lowest BCUT2D eigenvalue weighted by Crippen LogP contribution is -2.05. The zero-order chi connectivity index (χ0) is 15.4. The fourth-order valence-corrected chi connectivity index (χ4v) is 2.83. The molecular weight excluding hydrogens is 329 g/mol. The van der Waals surface area contributed by atoms with Crippen molar-refractivity contribution in [2.75, 3.05) is 0 Å². The number of carbonyl (C=O) groups excluding carboxylic acids is 1. The number of nitrogens with zero attached hydrogens (tertiary/aromatic N) is 1. The van der Waals surface area contributed by atoms with Crippen LogP contribution in [0.4, 0.5) is 0 Å². The monoisotopic (exact) mass is 337 g/mol. The molecule has 2 nitrogen and oxygen atoms in total. The van der Waals surface area contributed by atoms with Crippen LogP contribution in [0.15, 0.2) is 36.4 Å². The molecule has 0 heterocycles. The number of nitriles is 1. The molecule has 0 bridgehead atoms. The van der Waals surface area contributed by atoms with Gasteiger partial charge in [-0.25, -0.2) is 0 Å². The molecule has 0 fully saturated rings. The third kappa shape index (κ3) is 3.39. The fourth-order valence-electron chi connectivity index (χ4n) is 1.97. The highest BCUT2D eigenvalue weighted by molar-refractivity contribution is 6.43. The van der Waals surface area contributed by atoms with E-state index >= 15 is 0 Å². The highest BCUT2D eigenvalue weighted by Gasteiger charge is 2.20. The van der Waals surface area contributed by atoms with Crippen LogP contribution in [0.5, 0.6) is 0 Å². The zero-order valence-corrected chi connectivity index (χ0v) is 13.1. The van der Waals surface area contributed by atoms with Gasteiger partial charge < -0.3 is 0 Å². The lowest BCUT2D eigenvalue weighted by molar-refractivity contribution is 0.103. The summed E-state index contributed by atoms with van der Waals surface area (Å²) in [5.74, 6) is -0.325. The lowest BCUT2D eigenvalue weighted by Gasteiger charge is -2.11. The van der Waals surface area contributed by atoms with Crippen molar-refractivity contribution in [2.45, 2.75) is 12.8 Å². The molecule has 0 atom stereocenters. The van der Waals surface area contributed by atoms with Crippen LogP contribution < -0.4 is 0 Å². The van der Waals surface area contributed by atoms with E-state index in [-0.39, 0.29) is 21.4 Å². The molecule has 0 N–H and O–H groups in total. The van der Waals surface area contributed by atoms with Gasteiger partial charge in [0.05, 0.1) is 26.7 Å². The molecule has 0 radical (unpaired) electrons. The van der Waals surface area contributed by atoms with Crippen LogP contribution in [-0.2, 0) is 6.42 Å². The summed E-state index contributed by atoms with van der Waals surface area (Å²) in [4.78, 5) is 12.6. The van der Waals surface area contributed by atoms with Crippen molar-refractivity contribution >= 4 is 40.6 Å². The van der Waals surface area contributed by atoms with Crippen LogP contribution in [0.3, 0.4) is 0 Å². The van der Waals surface area contributed by atoms with Gasteiger partial charge in [0.15, 0.2) is 5.78 Å². The molecule has 106 valence electrons. The number of hydrogen-bond donors (Lipinski definition) is 0. The minimum Gasteiger partial charge on any atom is -0.288 e. The first kappa shape index (κ1) is 15.9. The third-order valence-corrected chi connectivity index (χ3v) is 4.10. The zero-order valence-electron chi connectivity index (χ0n) is 10.9. The molecule has 5 heteroatoms. The van der Waals surface area contributed by atoms with E-state index in [1.54, 1.807) is 36.4 Å². The van der Waals surface area contributed by atoms with Gasteiger partial charge in [-0.15, -0.1) is 0 Å². The Labute approximate surface area is 137 Å². The second-order valence-corrected chi connectivity index (χ2v) is 5.55. The number of carbonyl (C=O) groups is 1. The minimum absolute atomic E-state index is 0.224. The predicted octanol–water partition coefficient (Wildman–Crippen LogP) is 5.33. The van der Waals surface area contributed by atoms with E-state index in [1.807, 2.05) is 6.07 Å². The molecule has 0 saturated heterocycles. The SMILES string of the molecule is N#CCCc1ccc(Cl)c(C(=O)c2ccccc2Cl)c1Cl. The molecule has 2 aromatic rings. The summed E-state index contributed by atoms with van der Waals surface area (Å²) < 4.78 is 0. The largest absolute Gasteiger partial charge is 0.288 e. The molecule has 0 saturated carbocycles. The van der Waals surface area contributed by atoms with Crippen molar-refractivity contribution in [2.24, 2.45) is 0 Å². The summed E-state index contributed by atoms with van der Waals surface area (Å²) in [6.07, 6.45) is 0.788. The quantitative estimate of drug-likeness (QED) is 0.707. The van der Waals surface area contributed by atoms with Gasteiger partial charge in [-0.05, 0) is 30.2 Å². The standard InChI is InChI=1S/C16H10Cl3NO/c17-12-6-2-1-5-11(12)16(21)14-13(18)8-7-10(15(14)19)4-3-9-20/h1-2,5-8H,3-4H2. The van der Waals surface area contributed by atoms with Crippen LogP contribution in [0.1, 0.15) is 27.9 Å². The van der Waals surface area contributed by atoms with Gasteiger partial charge in [-0.1, -0.05) is 53.0 Å². The molecular formula is C16H10Cl3NO. The molecule has 2 aromatic carbocycles. The molecule has 0 amide bonds. The Kier molecular flexibility index (Phi) is 5.25. The molecule has 0 aliphatic heterocycles. The summed E-state index contributed by atoms with van der Waals surface area (Å²) in [5.41, 5.74) is 1.29. The summed E-state index contributed by atoms with van der Waals surface area (Å²) in [6, 6.07) is 12.1. The van der Waals surface area contributed by atoms with Gasteiger partial charge >= 0.3 is 0 Å². The minimum atomic E-state index is -0.325. The predicted molar refractivity (Wildman–Crippen MR) is 85.3 cm³/mol. The smallest absolute Gasteiger partial charge is 0.197 e. The van der Waals surface area contributed by atoms with Crippen LogP contribution in [-0.4, -0.2) is 5.78 Å². The molecule has 2 rings (SSSR count). The average molecular weight is 339 g/mol. The van der Waals surface area contributed by atoms with Crippen molar-refractivity contribution < 1.29 is 4.79 Å². The van der Waals surface area contributed by atoms with Crippen LogP contribution >= 0.6 is 34.8 Å². The van der Waals surface area contributed by atoms with Crippen LogP contribution in [0.25, 0.3) is 0 Å². The van der Waals surface area contributed by atoms with Crippen molar-refractivity contribution in [1.29, 1.82) is 5.26 Å². The number of halogens is 3. The lowest BCUT2D eigenvalue weighted by atomic mass is 9.99. The maximum absolute atomic E-state index is 12.6. The molecule has 0 aromatic heterocycles. The maximum atomic E-state index is 12.6. The summed E-state index contributed by atoms with van der Waals surface area (Å²) in [5, 5.41) is 9.56. The molecule has 0 aliphatic rings. The Bertz CT molecular complexity index is 735. The second kappa shape index (κ2) is 6.95. The second-order valence-electron chi connectivity index (χ2n) is 4.36. The van der Waals surface area contributed by atoms with Gasteiger partial charge in [0.2, 0.25) is 0 Å². The van der Waals surface area contributed by atoms with E-state index in [0.717, 1.165) is 5.56 Å². The van der Waals surface area contributed by atoms with Crippen LogP contribution in [0, 0.1) is 11.3 Å². The first-order valence-electron chi connectivity index (χ1n) is 6.19. The van der Waals surface area contributed by atoms with Gasteiger partial charge in [0.25, 0.3) is 0 Å². The fraction of sp³-hybridized carbons (Fsp3) is 0.125. The van der Waals surface area contributed by atoms with E-state index < -0.39 is 0 Å². The van der Waals surface area contributed by atoms with Crippen molar-refractivity contribution in [1.82, 2.24) is 0 Å². The first-order chi connectivity index (χ1) is 10.1. The molecule has 21 heavy (non-hydrogen) atoms. The Morgan fingerprint density at radius 1 is 1.05 bits per heavy atom. The van der Waals surface area contributed by atoms with Crippen LogP contribution in [0.2, 0.25) is 15.1 Å². The number of hydrogen-bond acceptors (Lipinski definition) is 2.